The van der Waals surface area contributed by atoms with Crippen LogP contribution < -0.4 is 5.32 Å². The number of sulfonamides is 1. The van der Waals surface area contributed by atoms with Crippen LogP contribution in [0.25, 0.3) is 0 Å². The molecule has 19 heavy (non-hydrogen) atoms. The number of urea groups is 1. The highest BCUT2D eigenvalue weighted by molar-refractivity contribution is 7.89. The van der Waals surface area contributed by atoms with Gasteiger partial charge < -0.3 is 5.32 Å². The molecule has 0 aromatic heterocycles. The van der Waals surface area contributed by atoms with Crippen molar-refractivity contribution in [2.45, 2.75) is 38.1 Å². The number of benzene rings is 1. The molecule has 1 rings (SSSR count). The zero-order valence-electron chi connectivity index (χ0n) is 11.9. The maximum atomic E-state index is 12.2. The lowest BCUT2D eigenvalue weighted by Gasteiger charge is -2.25. The standard InChI is InChI=1S/C13H20N2O3S/c1-10-6-8-11(9-7-10)19(17,18)15(5)12(16)14-13(2,3)4/h6-9H,1-5H3,(H,14,16). The summed E-state index contributed by atoms with van der Waals surface area (Å²) in [5, 5.41) is 2.61. The number of nitrogens with one attached hydrogen (secondary N) is 1. The van der Waals surface area contributed by atoms with Crippen LogP contribution in [0.1, 0.15) is 26.3 Å². The molecule has 0 atom stereocenters. The molecule has 0 bridgehead atoms. The van der Waals surface area contributed by atoms with Crippen molar-refractivity contribution in [3.63, 3.8) is 0 Å². The summed E-state index contributed by atoms with van der Waals surface area (Å²) >= 11 is 0. The highest BCUT2D eigenvalue weighted by Gasteiger charge is 2.27. The number of aryl methyl sites for hydroxylation is 1. The summed E-state index contributed by atoms with van der Waals surface area (Å²) < 4.78 is 25.2. The van der Waals surface area contributed by atoms with Gasteiger partial charge in [-0.3, -0.25) is 0 Å². The Balaban J connectivity index is 3.00. The van der Waals surface area contributed by atoms with Crippen molar-refractivity contribution in [3.8, 4) is 0 Å². The molecule has 0 saturated carbocycles. The van der Waals surface area contributed by atoms with E-state index in [1.165, 1.54) is 19.2 Å². The highest BCUT2D eigenvalue weighted by Crippen LogP contribution is 2.15. The predicted molar refractivity (Wildman–Crippen MR) is 74.4 cm³/mol. The van der Waals surface area contributed by atoms with Gasteiger partial charge in [0.25, 0.3) is 10.0 Å². The fraction of sp³-hybridized carbons (Fsp3) is 0.462. The first-order chi connectivity index (χ1) is 8.54. The zero-order valence-corrected chi connectivity index (χ0v) is 12.7. The lowest BCUT2D eigenvalue weighted by atomic mass is 10.1. The largest absolute Gasteiger partial charge is 0.333 e. The molecule has 106 valence electrons. The molecule has 0 spiro atoms. The topological polar surface area (TPSA) is 66.5 Å². The van der Waals surface area contributed by atoms with Gasteiger partial charge in [-0.25, -0.2) is 17.5 Å². The van der Waals surface area contributed by atoms with E-state index in [4.69, 9.17) is 0 Å². The number of hydrogen-bond donors (Lipinski definition) is 1. The average molecular weight is 284 g/mol. The van der Waals surface area contributed by atoms with Crippen LogP contribution >= 0.6 is 0 Å². The maximum Gasteiger partial charge on any atom is 0.331 e. The zero-order chi connectivity index (χ0) is 14.8. The summed E-state index contributed by atoms with van der Waals surface area (Å²) in [7, 11) is -2.56. The summed E-state index contributed by atoms with van der Waals surface area (Å²) in [5.74, 6) is 0. The summed E-state index contributed by atoms with van der Waals surface area (Å²) in [6, 6.07) is 5.73. The average Bonchev–Trinajstić information content (AvgIpc) is 2.26. The smallest absolute Gasteiger partial charge is 0.331 e. The van der Waals surface area contributed by atoms with Gasteiger partial charge >= 0.3 is 6.03 Å². The van der Waals surface area contributed by atoms with E-state index in [2.05, 4.69) is 5.32 Å². The lowest BCUT2D eigenvalue weighted by Crippen LogP contribution is -2.48. The van der Waals surface area contributed by atoms with Crippen LogP contribution in [-0.2, 0) is 10.0 Å². The Morgan fingerprint density at radius 1 is 1.16 bits per heavy atom. The number of rotatable bonds is 2. The Bertz CT molecular complexity index is 557. The molecule has 0 radical (unpaired) electrons. The van der Waals surface area contributed by atoms with Crippen molar-refractivity contribution in [1.82, 2.24) is 9.62 Å². The monoisotopic (exact) mass is 284 g/mol. The van der Waals surface area contributed by atoms with E-state index in [9.17, 15) is 13.2 Å². The Labute approximate surface area is 114 Å². The van der Waals surface area contributed by atoms with Crippen molar-refractivity contribution >= 4 is 16.1 Å². The molecule has 1 N–H and O–H groups in total. The van der Waals surface area contributed by atoms with Gasteiger partial charge in [0.15, 0.2) is 0 Å². The van der Waals surface area contributed by atoms with Gasteiger partial charge in [-0.05, 0) is 39.8 Å². The number of amides is 2. The predicted octanol–water partition coefficient (Wildman–Crippen LogP) is 2.12. The molecule has 0 aliphatic carbocycles. The van der Waals surface area contributed by atoms with Crippen LogP contribution in [0.5, 0.6) is 0 Å². The highest BCUT2D eigenvalue weighted by atomic mass is 32.2. The molecule has 1 aromatic carbocycles. The molecule has 2 amide bonds. The van der Waals surface area contributed by atoms with E-state index < -0.39 is 21.6 Å². The van der Waals surface area contributed by atoms with Crippen molar-refractivity contribution in [1.29, 1.82) is 0 Å². The van der Waals surface area contributed by atoms with Gasteiger partial charge in [0, 0.05) is 12.6 Å². The number of carbonyl (C=O) groups excluding carboxylic acids is 1. The molecular weight excluding hydrogens is 264 g/mol. The Hall–Kier alpha value is -1.56. The minimum Gasteiger partial charge on any atom is -0.333 e. The third kappa shape index (κ3) is 3.96. The minimum absolute atomic E-state index is 0.102. The van der Waals surface area contributed by atoms with E-state index >= 15 is 0 Å². The number of carbonyl (C=O) groups is 1. The molecule has 0 heterocycles. The molecule has 0 saturated heterocycles. The Morgan fingerprint density at radius 2 is 1.63 bits per heavy atom. The fourth-order valence-corrected chi connectivity index (χ4v) is 2.44. The SMILES string of the molecule is Cc1ccc(S(=O)(=O)N(C)C(=O)NC(C)(C)C)cc1. The molecule has 0 unspecified atom stereocenters. The van der Waals surface area contributed by atoms with Gasteiger partial charge in [0.2, 0.25) is 0 Å². The molecule has 5 nitrogen and oxygen atoms in total. The number of hydrogen-bond acceptors (Lipinski definition) is 3. The Morgan fingerprint density at radius 3 is 2.05 bits per heavy atom. The fourth-order valence-electron chi connectivity index (χ4n) is 1.38. The summed E-state index contributed by atoms with van der Waals surface area (Å²) in [6.45, 7) is 7.23. The van der Waals surface area contributed by atoms with E-state index in [0.717, 1.165) is 9.87 Å². The van der Waals surface area contributed by atoms with E-state index in [1.54, 1.807) is 32.9 Å². The molecule has 0 aliphatic rings. The summed E-state index contributed by atoms with van der Waals surface area (Å²) in [6.07, 6.45) is 0. The first kappa shape index (κ1) is 15.5. The van der Waals surface area contributed by atoms with E-state index in [1.807, 2.05) is 6.92 Å². The van der Waals surface area contributed by atoms with Crippen LogP contribution in [0.2, 0.25) is 0 Å². The van der Waals surface area contributed by atoms with Crippen LogP contribution in [0, 0.1) is 6.92 Å². The van der Waals surface area contributed by atoms with Crippen molar-refractivity contribution < 1.29 is 13.2 Å². The van der Waals surface area contributed by atoms with Gasteiger partial charge in [-0.2, -0.15) is 0 Å². The first-order valence-electron chi connectivity index (χ1n) is 5.92. The second-order valence-corrected chi connectivity index (χ2v) is 7.43. The molecule has 0 aliphatic heterocycles. The van der Waals surface area contributed by atoms with Crippen molar-refractivity contribution in [2.24, 2.45) is 0 Å². The van der Waals surface area contributed by atoms with Crippen LogP contribution in [-0.4, -0.2) is 31.3 Å². The normalized spacial score (nSPS) is 12.1. The Kier molecular flexibility index (Phi) is 4.25. The van der Waals surface area contributed by atoms with Crippen LogP contribution in [0.15, 0.2) is 29.2 Å². The molecule has 6 heteroatoms. The quantitative estimate of drug-likeness (QED) is 0.904. The first-order valence-corrected chi connectivity index (χ1v) is 7.36. The maximum absolute atomic E-state index is 12.2. The third-order valence-electron chi connectivity index (χ3n) is 2.45. The van der Waals surface area contributed by atoms with Gasteiger partial charge in [0.05, 0.1) is 4.90 Å². The van der Waals surface area contributed by atoms with Crippen molar-refractivity contribution in [2.75, 3.05) is 7.05 Å². The van der Waals surface area contributed by atoms with Gasteiger partial charge in [-0.15, -0.1) is 0 Å². The number of nitrogens with zero attached hydrogens (tertiary/aromatic N) is 1. The van der Waals surface area contributed by atoms with Gasteiger partial charge in [0.1, 0.15) is 0 Å². The molecule has 1 aromatic rings. The molecule has 0 fully saturated rings. The van der Waals surface area contributed by atoms with Crippen molar-refractivity contribution in [3.05, 3.63) is 29.8 Å². The summed E-state index contributed by atoms with van der Waals surface area (Å²) in [5.41, 5.74) is 0.467. The van der Waals surface area contributed by atoms with Crippen LogP contribution in [0.3, 0.4) is 0 Å². The second-order valence-electron chi connectivity index (χ2n) is 5.47. The van der Waals surface area contributed by atoms with Gasteiger partial charge in [-0.1, -0.05) is 17.7 Å². The van der Waals surface area contributed by atoms with E-state index in [0.29, 0.717) is 0 Å². The van der Waals surface area contributed by atoms with E-state index in [-0.39, 0.29) is 4.90 Å². The minimum atomic E-state index is -3.81. The second kappa shape index (κ2) is 5.21. The van der Waals surface area contributed by atoms with Crippen LogP contribution in [0.4, 0.5) is 4.79 Å². The third-order valence-corrected chi connectivity index (χ3v) is 4.20. The lowest BCUT2D eigenvalue weighted by molar-refractivity contribution is 0.219. The summed E-state index contributed by atoms with van der Waals surface area (Å²) in [4.78, 5) is 12.0. The molecular formula is C13H20N2O3S.